The molecular formula is C17H20ClN3O5S. The first-order chi connectivity index (χ1) is 12.9. The Hall–Kier alpha value is -2.07. The molecule has 0 radical (unpaired) electrons. The topological polar surface area (TPSA) is 112 Å². The number of carbonyl (C=O) groups is 1. The van der Waals surface area contributed by atoms with Gasteiger partial charge in [0.1, 0.15) is 10.7 Å². The number of furan rings is 1. The van der Waals surface area contributed by atoms with Gasteiger partial charge in [-0.3, -0.25) is 0 Å². The Bertz CT molecular complexity index is 909. The van der Waals surface area contributed by atoms with Gasteiger partial charge in [-0.2, -0.15) is 0 Å². The predicted molar refractivity (Wildman–Crippen MR) is 100 cm³/mol. The third-order valence-electron chi connectivity index (χ3n) is 4.23. The zero-order valence-corrected chi connectivity index (χ0v) is 16.0. The highest BCUT2D eigenvalue weighted by Gasteiger charge is 2.25. The number of sulfonamides is 1. The average molecular weight is 414 g/mol. The van der Waals surface area contributed by atoms with E-state index >= 15 is 0 Å². The summed E-state index contributed by atoms with van der Waals surface area (Å²) in [6.45, 7) is 1.44. The molecule has 0 spiro atoms. The molecule has 2 aromatic rings. The van der Waals surface area contributed by atoms with E-state index in [0.717, 1.165) is 25.3 Å². The molecule has 1 fully saturated rings. The maximum Gasteiger partial charge on any atom is 0.337 e. The molecule has 1 aromatic carbocycles. The van der Waals surface area contributed by atoms with Gasteiger partial charge < -0.3 is 14.8 Å². The molecule has 0 unspecified atom stereocenters. The van der Waals surface area contributed by atoms with Crippen LogP contribution in [0.3, 0.4) is 0 Å². The van der Waals surface area contributed by atoms with Crippen molar-refractivity contribution in [2.75, 3.05) is 18.4 Å². The van der Waals surface area contributed by atoms with E-state index in [0.29, 0.717) is 18.8 Å². The van der Waals surface area contributed by atoms with E-state index in [9.17, 15) is 18.3 Å². The van der Waals surface area contributed by atoms with E-state index in [-0.39, 0.29) is 27.7 Å². The number of rotatable bonds is 7. The molecule has 3 rings (SSSR count). The lowest BCUT2D eigenvalue weighted by atomic mass is 10.1. The molecule has 0 atom stereocenters. The smallest absolute Gasteiger partial charge is 0.337 e. The Morgan fingerprint density at radius 2 is 2.00 bits per heavy atom. The number of nitrogens with zero attached hydrogens (tertiary/aromatic N) is 1. The first kappa shape index (κ1) is 19.7. The largest absolute Gasteiger partial charge is 0.478 e. The van der Waals surface area contributed by atoms with Crippen LogP contribution < -0.4 is 10.1 Å². The second kappa shape index (κ2) is 8.30. The molecule has 2 heterocycles. The van der Waals surface area contributed by atoms with Crippen LogP contribution in [-0.2, 0) is 16.6 Å². The first-order valence-corrected chi connectivity index (χ1v) is 10.3. The minimum absolute atomic E-state index is 0.0635. The fourth-order valence-electron chi connectivity index (χ4n) is 2.88. The number of benzene rings is 1. The molecule has 27 heavy (non-hydrogen) atoms. The van der Waals surface area contributed by atoms with E-state index in [4.69, 9.17) is 16.0 Å². The summed E-state index contributed by atoms with van der Waals surface area (Å²) < 4.78 is 30.6. The fraction of sp³-hybridized carbons (Fsp3) is 0.353. The van der Waals surface area contributed by atoms with Crippen molar-refractivity contribution in [2.24, 2.45) is 0 Å². The zero-order valence-electron chi connectivity index (χ0n) is 14.4. The standard InChI is InChI=1S/C17H20ClN3O5S/c18-14-10-15(19-11-12-5-4-8-26-12)13(17(22)23)9-16(14)27(24,25)20-21-6-2-1-3-7-21/h4-5,8-10,19-20H,1-3,6-7,11H2,(H,22,23). The summed E-state index contributed by atoms with van der Waals surface area (Å²) >= 11 is 6.17. The van der Waals surface area contributed by atoms with Crippen LogP contribution in [0.25, 0.3) is 0 Å². The van der Waals surface area contributed by atoms with Crippen LogP contribution in [0.1, 0.15) is 35.4 Å². The number of aromatic carboxylic acids is 1. The molecule has 1 aromatic heterocycles. The van der Waals surface area contributed by atoms with Crippen LogP contribution in [0.2, 0.25) is 5.02 Å². The molecule has 0 bridgehead atoms. The molecule has 1 aliphatic heterocycles. The number of nitrogens with one attached hydrogen (secondary N) is 2. The second-order valence-electron chi connectivity index (χ2n) is 6.21. The van der Waals surface area contributed by atoms with Crippen molar-refractivity contribution in [3.8, 4) is 0 Å². The van der Waals surface area contributed by atoms with Gasteiger partial charge in [0.25, 0.3) is 10.0 Å². The SMILES string of the molecule is O=C(O)c1cc(S(=O)(=O)NN2CCCCC2)c(Cl)cc1NCc1ccco1. The Balaban J connectivity index is 1.87. The van der Waals surface area contributed by atoms with Crippen LogP contribution in [0, 0.1) is 0 Å². The second-order valence-corrected chi connectivity index (χ2v) is 8.25. The van der Waals surface area contributed by atoms with Crippen molar-refractivity contribution in [3.05, 3.63) is 46.9 Å². The Kier molecular flexibility index (Phi) is 6.05. The Morgan fingerprint density at radius 3 is 2.63 bits per heavy atom. The minimum atomic E-state index is -3.99. The molecule has 0 aliphatic carbocycles. The number of carboxylic acids is 1. The van der Waals surface area contributed by atoms with Crippen molar-refractivity contribution in [2.45, 2.75) is 30.7 Å². The molecule has 10 heteroatoms. The third kappa shape index (κ3) is 4.81. The number of carboxylic acid groups (broad SMARTS) is 1. The van der Waals surface area contributed by atoms with E-state index in [2.05, 4.69) is 10.1 Å². The van der Waals surface area contributed by atoms with Crippen LogP contribution in [0.15, 0.2) is 39.8 Å². The van der Waals surface area contributed by atoms with Gasteiger partial charge >= 0.3 is 5.97 Å². The van der Waals surface area contributed by atoms with Gasteiger partial charge in [-0.1, -0.05) is 18.0 Å². The van der Waals surface area contributed by atoms with Crippen molar-refractivity contribution in [3.63, 3.8) is 0 Å². The summed E-state index contributed by atoms with van der Waals surface area (Å²) in [7, 11) is -3.99. The normalized spacial score (nSPS) is 15.6. The van der Waals surface area contributed by atoms with E-state index in [1.807, 2.05) is 0 Å². The molecule has 146 valence electrons. The van der Waals surface area contributed by atoms with Gasteiger partial charge in [0.2, 0.25) is 0 Å². The van der Waals surface area contributed by atoms with Gasteiger partial charge in [0.15, 0.2) is 0 Å². The molecule has 1 saturated heterocycles. The predicted octanol–water partition coefficient (Wildman–Crippen LogP) is 2.92. The van der Waals surface area contributed by atoms with Crippen molar-refractivity contribution < 1.29 is 22.7 Å². The van der Waals surface area contributed by atoms with Crippen molar-refractivity contribution in [1.29, 1.82) is 0 Å². The molecule has 3 N–H and O–H groups in total. The highest BCUT2D eigenvalue weighted by molar-refractivity contribution is 7.89. The van der Waals surface area contributed by atoms with Crippen LogP contribution in [0.4, 0.5) is 5.69 Å². The molecule has 1 aliphatic rings. The summed E-state index contributed by atoms with van der Waals surface area (Å²) in [5.41, 5.74) is 0.0193. The molecule has 8 nitrogen and oxygen atoms in total. The maximum atomic E-state index is 12.7. The van der Waals surface area contributed by atoms with E-state index in [1.165, 1.54) is 12.3 Å². The molecule has 0 amide bonds. The van der Waals surface area contributed by atoms with E-state index < -0.39 is 16.0 Å². The Morgan fingerprint density at radius 1 is 1.26 bits per heavy atom. The molecule has 0 saturated carbocycles. The molecular weight excluding hydrogens is 394 g/mol. The van der Waals surface area contributed by atoms with Crippen molar-refractivity contribution in [1.82, 2.24) is 9.84 Å². The van der Waals surface area contributed by atoms with Crippen molar-refractivity contribution >= 4 is 33.3 Å². The zero-order chi connectivity index (χ0) is 19.4. The number of halogens is 1. The Labute approximate surface area is 162 Å². The van der Waals surface area contributed by atoms with Gasteiger partial charge in [-0.15, -0.1) is 4.83 Å². The van der Waals surface area contributed by atoms with Gasteiger partial charge in [0.05, 0.1) is 29.1 Å². The average Bonchev–Trinajstić information content (AvgIpc) is 3.13. The summed E-state index contributed by atoms with van der Waals surface area (Å²) in [6.07, 6.45) is 4.35. The number of hydrogen-bond donors (Lipinski definition) is 3. The summed E-state index contributed by atoms with van der Waals surface area (Å²) in [4.78, 5) is 13.8. The minimum Gasteiger partial charge on any atom is -0.478 e. The fourth-order valence-corrected chi connectivity index (χ4v) is 4.56. The highest BCUT2D eigenvalue weighted by Crippen LogP contribution is 2.29. The lowest BCUT2D eigenvalue weighted by molar-refractivity contribution is 0.0697. The van der Waals surface area contributed by atoms with E-state index in [1.54, 1.807) is 17.1 Å². The lowest BCUT2D eigenvalue weighted by Crippen LogP contribution is -2.45. The lowest BCUT2D eigenvalue weighted by Gasteiger charge is -2.26. The van der Waals surface area contributed by atoms with Crippen LogP contribution in [0.5, 0.6) is 0 Å². The van der Waals surface area contributed by atoms with Gasteiger partial charge in [-0.25, -0.2) is 18.2 Å². The summed E-state index contributed by atoms with van der Waals surface area (Å²) in [5.74, 6) is -0.658. The number of anilines is 1. The quantitative estimate of drug-likeness (QED) is 0.639. The monoisotopic (exact) mass is 413 g/mol. The number of piperidine rings is 1. The summed E-state index contributed by atoms with van der Waals surface area (Å²) in [6, 6.07) is 5.82. The summed E-state index contributed by atoms with van der Waals surface area (Å²) in [5, 5.41) is 14.0. The maximum absolute atomic E-state index is 12.7. The van der Waals surface area contributed by atoms with Crippen LogP contribution >= 0.6 is 11.6 Å². The van der Waals surface area contributed by atoms with Gasteiger partial charge in [0, 0.05) is 13.1 Å². The third-order valence-corrected chi connectivity index (χ3v) is 6.07. The van der Waals surface area contributed by atoms with Gasteiger partial charge in [-0.05, 0) is 37.1 Å². The highest BCUT2D eigenvalue weighted by atomic mass is 35.5. The van der Waals surface area contributed by atoms with Crippen LogP contribution in [-0.4, -0.2) is 37.6 Å². The first-order valence-electron chi connectivity index (χ1n) is 8.47. The number of hydrogen-bond acceptors (Lipinski definition) is 6. The number of hydrazine groups is 1.